The molecular formula is C26H24BrN3O5. The second-order valence-electron chi connectivity index (χ2n) is 7.67. The SMILES string of the molecule is COc1cc(/C(C)=N/NC(=O)C(=O)Nc2ccc(Br)cc2C)ccc1OC(=O)c1ccc(C)cc1. The zero-order valence-electron chi connectivity index (χ0n) is 19.6. The maximum atomic E-state index is 12.4. The van der Waals surface area contributed by atoms with Gasteiger partial charge in [0.25, 0.3) is 0 Å². The molecule has 35 heavy (non-hydrogen) atoms. The average molecular weight is 538 g/mol. The number of hydrogen-bond donors (Lipinski definition) is 2. The highest BCUT2D eigenvalue weighted by Crippen LogP contribution is 2.29. The first kappa shape index (κ1) is 25.6. The number of carbonyl (C=O) groups excluding carboxylic acids is 3. The van der Waals surface area contributed by atoms with E-state index in [1.54, 1.807) is 49.4 Å². The number of methoxy groups -OCH3 is 1. The molecule has 0 heterocycles. The number of nitrogens with zero attached hydrogens (tertiary/aromatic N) is 1. The lowest BCUT2D eigenvalue weighted by Gasteiger charge is -2.11. The molecule has 0 aliphatic rings. The molecule has 8 nitrogen and oxygen atoms in total. The molecule has 3 aromatic rings. The number of hydrazone groups is 1. The Balaban J connectivity index is 1.66. The number of halogens is 1. The van der Waals surface area contributed by atoms with Crippen LogP contribution in [0.1, 0.15) is 34.0 Å². The van der Waals surface area contributed by atoms with Gasteiger partial charge >= 0.3 is 17.8 Å². The lowest BCUT2D eigenvalue weighted by atomic mass is 10.1. The fraction of sp³-hybridized carbons (Fsp3) is 0.154. The van der Waals surface area contributed by atoms with E-state index in [0.717, 1.165) is 15.6 Å². The van der Waals surface area contributed by atoms with E-state index in [4.69, 9.17) is 9.47 Å². The van der Waals surface area contributed by atoms with Gasteiger partial charge in [0.1, 0.15) is 0 Å². The number of benzene rings is 3. The molecule has 180 valence electrons. The van der Waals surface area contributed by atoms with E-state index in [-0.39, 0.29) is 5.75 Å². The lowest BCUT2D eigenvalue weighted by molar-refractivity contribution is -0.136. The summed E-state index contributed by atoms with van der Waals surface area (Å²) < 4.78 is 11.7. The van der Waals surface area contributed by atoms with Gasteiger partial charge in [-0.15, -0.1) is 0 Å². The van der Waals surface area contributed by atoms with Gasteiger partial charge in [-0.05, 0) is 74.9 Å². The van der Waals surface area contributed by atoms with Crippen LogP contribution in [0.2, 0.25) is 0 Å². The normalized spacial score (nSPS) is 10.9. The summed E-state index contributed by atoms with van der Waals surface area (Å²) in [4.78, 5) is 36.8. The van der Waals surface area contributed by atoms with Crippen LogP contribution in [0.5, 0.6) is 11.5 Å². The summed E-state index contributed by atoms with van der Waals surface area (Å²) in [5.74, 6) is -1.72. The molecule has 2 N–H and O–H groups in total. The number of aryl methyl sites for hydroxylation is 2. The van der Waals surface area contributed by atoms with Gasteiger partial charge in [-0.3, -0.25) is 9.59 Å². The first-order valence-electron chi connectivity index (χ1n) is 10.6. The highest BCUT2D eigenvalue weighted by Gasteiger charge is 2.16. The fourth-order valence-corrected chi connectivity index (χ4v) is 3.50. The molecule has 0 aliphatic carbocycles. The second kappa shape index (κ2) is 11.4. The Labute approximate surface area is 211 Å². The number of esters is 1. The van der Waals surface area contributed by atoms with Crippen LogP contribution in [0.15, 0.2) is 70.2 Å². The van der Waals surface area contributed by atoms with Gasteiger partial charge in [-0.1, -0.05) is 33.6 Å². The molecule has 0 bridgehead atoms. The summed E-state index contributed by atoms with van der Waals surface area (Å²) in [6.45, 7) is 5.40. The molecule has 0 aromatic heterocycles. The van der Waals surface area contributed by atoms with Crippen molar-refractivity contribution in [1.29, 1.82) is 0 Å². The van der Waals surface area contributed by atoms with Crippen LogP contribution in [0.4, 0.5) is 5.69 Å². The summed E-state index contributed by atoms with van der Waals surface area (Å²) in [6, 6.07) is 17.2. The molecule has 0 saturated carbocycles. The zero-order valence-corrected chi connectivity index (χ0v) is 21.2. The maximum absolute atomic E-state index is 12.4. The quantitative estimate of drug-likeness (QED) is 0.155. The summed E-state index contributed by atoms with van der Waals surface area (Å²) in [5, 5.41) is 6.55. The predicted molar refractivity (Wildman–Crippen MR) is 137 cm³/mol. The summed E-state index contributed by atoms with van der Waals surface area (Å²) in [6.07, 6.45) is 0. The Kier molecular flexibility index (Phi) is 8.38. The van der Waals surface area contributed by atoms with E-state index in [0.29, 0.717) is 28.3 Å². The standard InChI is InChI=1S/C26H24BrN3O5/c1-15-5-7-18(8-6-15)26(33)35-22-12-9-19(14-23(22)34-4)17(3)29-30-25(32)24(31)28-21-11-10-20(27)13-16(21)2/h5-14H,1-4H3,(H,28,31)(H,30,32)/b29-17+. The predicted octanol–water partition coefficient (Wildman–Crippen LogP) is 4.77. The molecule has 3 aromatic carbocycles. The van der Waals surface area contributed by atoms with Crippen LogP contribution < -0.4 is 20.2 Å². The number of hydrogen-bond acceptors (Lipinski definition) is 6. The van der Waals surface area contributed by atoms with E-state index >= 15 is 0 Å². The van der Waals surface area contributed by atoms with E-state index in [9.17, 15) is 14.4 Å². The first-order chi connectivity index (χ1) is 16.7. The van der Waals surface area contributed by atoms with Gasteiger partial charge in [-0.25, -0.2) is 10.2 Å². The summed E-state index contributed by atoms with van der Waals surface area (Å²) >= 11 is 3.35. The number of carbonyl (C=O) groups is 3. The summed E-state index contributed by atoms with van der Waals surface area (Å²) in [7, 11) is 1.45. The highest BCUT2D eigenvalue weighted by molar-refractivity contribution is 9.10. The number of rotatable bonds is 6. The monoisotopic (exact) mass is 537 g/mol. The molecule has 2 amide bonds. The van der Waals surface area contributed by atoms with Crippen molar-refractivity contribution >= 4 is 45.1 Å². The van der Waals surface area contributed by atoms with Crippen LogP contribution >= 0.6 is 15.9 Å². The van der Waals surface area contributed by atoms with Gasteiger partial charge in [0.15, 0.2) is 11.5 Å². The second-order valence-corrected chi connectivity index (χ2v) is 8.59. The minimum Gasteiger partial charge on any atom is -0.493 e. The van der Waals surface area contributed by atoms with Crippen molar-refractivity contribution in [2.45, 2.75) is 20.8 Å². The maximum Gasteiger partial charge on any atom is 0.343 e. The smallest absolute Gasteiger partial charge is 0.343 e. The Hall–Kier alpha value is -3.98. The minimum atomic E-state index is -0.915. The molecule has 0 spiro atoms. The number of amides is 2. The third-order valence-corrected chi connectivity index (χ3v) is 5.53. The molecule has 0 fully saturated rings. The van der Waals surface area contributed by atoms with Crippen molar-refractivity contribution in [3.63, 3.8) is 0 Å². The third-order valence-electron chi connectivity index (χ3n) is 5.04. The van der Waals surface area contributed by atoms with E-state index in [1.807, 2.05) is 32.0 Å². The van der Waals surface area contributed by atoms with Gasteiger partial charge in [0.2, 0.25) is 0 Å². The van der Waals surface area contributed by atoms with Crippen molar-refractivity contribution < 1.29 is 23.9 Å². The first-order valence-corrected chi connectivity index (χ1v) is 11.4. The number of nitrogens with one attached hydrogen (secondary N) is 2. The topological polar surface area (TPSA) is 106 Å². The fourth-order valence-electron chi connectivity index (χ4n) is 3.02. The van der Waals surface area contributed by atoms with Crippen molar-refractivity contribution in [1.82, 2.24) is 5.43 Å². The largest absolute Gasteiger partial charge is 0.493 e. The van der Waals surface area contributed by atoms with Crippen molar-refractivity contribution in [2.24, 2.45) is 5.10 Å². The Morgan fingerprint density at radius 1 is 0.857 bits per heavy atom. The molecule has 0 unspecified atom stereocenters. The Morgan fingerprint density at radius 2 is 1.54 bits per heavy atom. The molecule has 3 rings (SSSR count). The van der Waals surface area contributed by atoms with Gasteiger partial charge in [-0.2, -0.15) is 5.10 Å². The highest BCUT2D eigenvalue weighted by atomic mass is 79.9. The summed E-state index contributed by atoms with van der Waals surface area (Å²) in [5.41, 5.74) is 6.03. The van der Waals surface area contributed by atoms with Gasteiger partial charge in [0.05, 0.1) is 18.4 Å². The van der Waals surface area contributed by atoms with Gasteiger partial charge in [0, 0.05) is 15.7 Å². The zero-order chi connectivity index (χ0) is 25.5. The van der Waals surface area contributed by atoms with E-state index in [1.165, 1.54) is 7.11 Å². The third kappa shape index (κ3) is 6.77. The molecule has 0 aliphatic heterocycles. The molecular weight excluding hydrogens is 514 g/mol. The van der Waals surface area contributed by atoms with Crippen LogP contribution in [0.25, 0.3) is 0 Å². The van der Waals surface area contributed by atoms with Crippen molar-refractivity contribution in [3.05, 3.63) is 87.4 Å². The van der Waals surface area contributed by atoms with Crippen molar-refractivity contribution in [2.75, 3.05) is 12.4 Å². The van der Waals surface area contributed by atoms with E-state index < -0.39 is 17.8 Å². The number of ether oxygens (including phenoxy) is 2. The van der Waals surface area contributed by atoms with Gasteiger partial charge < -0.3 is 14.8 Å². The lowest BCUT2D eigenvalue weighted by Crippen LogP contribution is -2.33. The van der Waals surface area contributed by atoms with Crippen LogP contribution in [0, 0.1) is 13.8 Å². The Bertz CT molecular complexity index is 1300. The van der Waals surface area contributed by atoms with Crippen LogP contribution in [-0.4, -0.2) is 30.6 Å². The van der Waals surface area contributed by atoms with Crippen LogP contribution in [-0.2, 0) is 9.59 Å². The van der Waals surface area contributed by atoms with Crippen LogP contribution in [0.3, 0.4) is 0 Å². The molecule has 9 heteroatoms. The average Bonchev–Trinajstić information content (AvgIpc) is 2.84. The number of anilines is 1. The minimum absolute atomic E-state index is 0.239. The van der Waals surface area contributed by atoms with E-state index in [2.05, 4.69) is 31.8 Å². The molecule has 0 saturated heterocycles. The molecule has 0 atom stereocenters. The molecule has 0 radical (unpaired) electrons. The Morgan fingerprint density at radius 3 is 2.20 bits per heavy atom. The van der Waals surface area contributed by atoms with Crippen molar-refractivity contribution in [3.8, 4) is 11.5 Å².